The second-order valence-corrected chi connectivity index (χ2v) is 9.36. The van der Waals surface area contributed by atoms with Crippen molar-refractivity contribution in [3.8, 4) is 11.3 Å². The van der Waals surface area contributed by atoms with Crippen molar-refractivity contribution in [3.05, 3.63) is 59.8 Å². The van der Waals surface area contributed by atoms with Gasteiger partial charge in [0.1, 0.15) is 5.82 Å². The number of hydrogen-bond donors (Lipinski definition) is 2. The molecule has 2 heterocycles. The number of aryl methyl sites for hydroxylation is 1. The summed E-state index contributed by atoms with van der Waals surface area (Å²) in [6.45, 7) is 7.55. The minimum Gasteiger partial charge on any atom is -0.396 e. The Labute approximate surface area is 196 Å². The van der Waals surface area contributed by atoms with Gasteiger partial charge in [-0.2, -0.15) is 0 Å². The lowest BCUT2D eigenvalue weighted by atomic mass is 9.91. The quantitative estimate of drug-likeness (QED) is 0.639. The lowest BCUT2D eigenvalue weighted by Crippen LogP contribution is -2.26. The number of nitrogens with one attached hydrogen (secondary N) is 1. The van der Waals surface area contributed by atoms with Crippen molar-refractivity contribution in [2.24, 2.45) is 5.92 Å². The average molecular weight is 450 g/mol. The van der Waals surface area contributed by atoms with Crippen LogP contribution in [-0.2, 0) is 4.74 Å². The molecule has 6 heteroatoms. The fraction of sp³-hybridized carbons (Fsp3) is 0.481. The predicted octanol–water partition coefficient (Wildman–Crippen LogP) is 4.74. The number of aromatic nitrogens is 1. The largest absolute Gasteiger partial charge is 0.396 e. The van der Waals surface area contributed by atoms with Crippen LogP contribution in [0.15, 0.2) is 43.1 Å². The molecule has 6 nitrogen and oxygen atoms in total. The molecule has 176 valence electrons. The molecule has 2 aliphatic rings. The Morgan fingerprint density at radius 3 is 2.61 bits per heavy atom. The zero-order chi connectivity index (χ0) is 23.4. The molecule has 0 radical (unpaired) electrons. The van der Waals surface area contributed by atoms with Gasteiger partial charge >= 0.3 is 0 Å². The molecule has 0 bridgehead atoms. The van der Waals surface area contributed by atoms with Crippen molar-refractivity contribution in [1.29, 1.82) is 0 Å². The van der Waals surface area contributed by atoms with Gasteiger partial charge in [0.25, 0.3) is 5.91 Å². The molecule has 2 atom stereocenters. The Balaban J connectivity index is 1.65. The van der Waals surface area contributed by atoms with Gasteiger partial charge in [-0.3, -0.25) is 4.79 Å². The van der Waals surface area contributed by atoms with Crippen LogP contribution in [0.2, 0.25) is 0 Å². The standard InChI is InChI=1S/C27H35N3O3/c1-4-30(3)27(32)25-18(2)15-24(29-26(25)28-23-10-5-19(16-23)17-31)22-8-6-20(7-9-22)21-11-13-33-14-12-21/h4,6-9,15,19,21,23,31H,1,5,10-14,16-17H2,2-3H3,(H,28,29). The van der Waals surface area contributed by atoms with Gasteiger partial charge in [-0.25, -0.2) is 4.98 Å². The van der Waals surface area contributed by atoms with Crippen molar-refractivity contribution in [3.63, 3.8) is 0 Å². The lowest BCUT2D eigenvalue weighted by Gasteiger charge is -2.23. The van der Waals surface area contributed by atoms with Gasteiger partial charge < -0.3 is 20.1 Å². The van der Waals surface area contributed by atoms with Crippen LogP contribution < -0.4 is 5.32 Å². The number of nitrogens with zero attached hydrogens (tertiary/aromatic N) is 2. The first-order valence-corrected chi connectivity index (χ1v) is 12.0. The van der Waals surface area contributed by atoms with Crippen LogP contribution >= 0.6 is 0 Å². The molecule has 0 spiro atoms. The third-order valence-electron chi connectivity index (χ3n) is 7.06. The number of carbonyl (C=O) groups is 1. The second kappa shape index (κ2) is 10.5. The Morgan fingerprint density at radius 1 is 1.24 bits per heavy atom. The van der Waals surface area contributed by atoms with Crippen LogP contribution in [0.25, 0.3) is 11.3 Å². The van der Waals surface area contributed by atoms with E-state index in [0.29, 0.717) is 23.2 Å². The van der Waals surface area contributed by atoms with Crippen LogP contribution in [0, 0.1) is 12.8 Å². The van der Waals surface area contributed by atoms with Crippen molar-refractivity contribution in [2.45, 2.75) is 51.0 Å². The first-order chi connectivity index (χ1) is 16.0. The Bertz CT molecular complexity index is 983. The molecule has 1 aliphatic carbocycles. The van der Waals surface area contributed by atoms with Crippen LogP contribution in [0.3, 0.4) is 0 Å². The highest BCUT2D eigenvalue weighted by atomic mass is 16.5. The summed E-state index contributed by atoms with van der Waals surface area (Å²) in [4.78, 5) is 19.5. The maximum atomic E-state index is 13.1. The first kappa shape index (κ1) is 23.5. The second-order valence-electron chi connectivity index (χ2n) is 9.36. The topological polar surface area (TPSA) is 74.7 Å². The molecule has 4 rings (SSSR count). The lowest BCUT2D eigenvalue weighted by molar-refractivity contribution is 0.0848. The highest BCUT2D eigenvalue weighted by molar-refractivity contribution is 6.01. The number of amides is 1. The minimum atomic E-state index is -0.129. The Hall–Kier alpha value is -2.70. The van der Waals surface area contributed by atoms with Crippen molar-refractivity contribution < 1.29 is 14.6 Å². The molecular formula is C27H35N3O3. The molecule has 1 saturated heterocycles. The predicted molar refractivity (Wildman–Crippen MR) is 131 cm³/mol. The number of aliphatic hydroxyl groups excluding tert-OH is 1. The van der Waals surface area contributed by atoms with E-state index in [9.17, 15) is 9.90 Å². The normalized spacial score (nSPS) is 21.1. The number of ether oxygens (including phenoxy) is 1. The maximum absolute atomic E-state index is 13.1. The summed E-state index contributed by atoms with van der Waals surface area (Å²) in [6.07, 6.45) is 6.47. The molecule has 2 N–H and O–H groups in total. The van der Waals surface area contributed by atoms with E-state index in [1.807, 2.05) is 13.0 Å². The molecule has 1 aliphatic heterocycles. The van der Waals surface area contributed by atoms with E-state index in [0.717, 1.165) is 62.1 Å². The van der Waals surface area contributed by atoms with E-state index in [1.165, 1.54) is 16.7 Å². The van der Waals surface area contributed by atoms with Crippen LogP contribution in [0.5, 0.6) is 0 Å². The molecule has 33 heavy (non-hydrogen) atoms. The molecule has 1 amide bonds. The number of aliphatic hydroxyl groups is 1. The molecule has 2 fully saturated rings. The van der Waals surface area contributed by atoms with E-state index in [4.69, 9.17) is 9.72 Å². The fourth-order valence-corrected chi connectivity index (χ4v) is 4.98. The summed E-state index contributed by atoms with van der Waals surface area (Å²) in [6, 6.07) is 10.8. The van der Waals surface area contributed by atoms with Crippen LogP contribution in [0.1, 0.15) is 59.5 Å². The average Bonchev–Trinajstić information content (AvgIpc) is 3.31. The molecule has 1 aromatic carbocycles. The summed E-state index contributed by atoms with van der Waals surface area (Å²) in [5.41, 5.74) is 4.69. The van der Waals surface area contributed by atoms with Crippen molar-refractivity contribution in [1.82, 2.24) is 9.88 Å². The van der Waals surface area contributed by atoms with Crippen LogP contribution in [-0.4, -0.2) is 53.8 Å². The molecular weight excluding hydrogens is 414 g/mol. The number of pyridine rings is 1. The highest BCUT2D eigenvalue weighted by Gasteiger charge is 2.27. The smallest absolute Gasteiger partial charge is 0.261 e. The zero-order valence-electron chi connectivity index (χ0n) is 19.7. The van der Waals surface area contributed by atoms with E-state index in [1.54, 1.807) is 7.05 Å². The Morgan fingerprint density at radius 2 is 1.97 bits per heavy atom. The summed E-state index contributed by atoms with van der Waals surface area (Å²) in [5, 5.41) is 13.1. The number of hydrogen-bond acceptors (Lipinski definition) is 5. The highest BCUT2D eigenvalue weighted by Crippen LogP contribution is 2.33. The number of rotatable bonds is 7. The summed E-state index contributed by atoms with van der Waals surface area (Å²) in [5.74, 6) is 1.34. The van der Waals surface area contributed by atoms with E-state index >= 15 is 0 Å². The third-order valence-corrected chi connectivity index (χ3v) is 7.06. The minimum absolute atomic E-state index is 0.129. The van der Waals surface area contributed by atoms with Crippen molar-refractivity contribution >= 4 is 11.7 Å². The van der Waals surface area contributed by atoms with Gasteiger partial charge in [-0.05, 0) is 74.3 Å². The van der Waals surface area contributed by atoms with Gasteiger partial charge in [-0.1, -0.05) is 30.8 Å². The van der Waals surface area contributed by atoms with E-state index < -0.39 is 0 Å². The van der Waals surface area contributed by atoms with Gasteiger partial charge in [-0.15, -0.1) is 0 Å². The third kappa shape index (κ3) is 5.28. The van der Waals surface area contributed by atoms with E-state index in [-0.39, 0.29) is 18.6 Å². The van der Waals surface area contributed by atoms with Gasteiger partial charge in [0.05, 0.1) is 11.3 Å². The summed E-state index contributed by atoms with van der Waals surface area (Å²) in [7, 11) is 1.71. The monoisotopic (exact) mass is 449 g/mol. The summed E-state index contributed by atoms with van der Waals surface area (Å²) >= 11 is 0. The zero-order valence-corrected chi connectivity index (χ0v) is 19.7. The number of carbonyl (C=O) groups excluding carboxylic acids is 1. The fourth-order valence-electron chi connectivity index (χ4n) is 4.98. The van der Waals surface area contributed by atoms with E-state index in [2.05, 4.69) is 36.2 Å². The maximum Gasteiger partial charge on any atom is 0.261 e. The molecule has 1 aromatic heterocycles. The SMILES string of the molecule is C=CN(C)C(=O)c1c(C)cc(-c2ccc(C3CCOCC3)cc2)nc1NC1CCC(CO)C1. The Kier molecular flexibility index (Phi) is 7.46. The van der Waals surface area contributed by atoms with Gasteiger partial charge in [0.2, 0.25) is 0 Å². The molecule has 1 saturated carbocycles. The first-order valence-electron chi connectivity index (χ1n) is 12.0. The number of benzene rings is 1. The van der Waals surface area contributed by atoms with Gasteiger partial charge in [0, 0.05) is 38.5 Å². The molecule has 2 unspecified atom stereocenters. The van der Waals surface area contributed by atoms with Crippen LogP contribution in [0.4, 0.5) is 5.82 Å². The number of anilines is 1. The van der Waals surface area contributed by atoms with Crippen molar-refractivity contribution in [2.75, 3.05) is 32.2 Å². The van der Waals surface area contributed by atoms with Gasteiger partial charge in [0.15, 0.2) is 0 Å². The molecule has 2 aromatic rings. The summed E-state index contributed by atoms with van der Waals surface area (Å²) < 4.78 is 5.50.